The van der Waals surface area contributed by atoms with Crippen LogP contribution >= 0.6 is 0 Å². The fourth-order valence-electron chi connectivity index (χ4n) is 3.36. The van der Waals surface area contributed by atoms with Crippen molar-refractivity contribution in [3.8, 4) is 5.75 Å². The largest absolute Gasteiger partial charge is 0.497 e. The molecular formula is C27H24N2O3S. The van der Waals surface area contributed by atoms with Crippen LogP contribution in [-0.4, -0.2) is 21.7 Å². The SMILES string of the molecule is COc1cccc(C=Nc2ccc(N(Cc3ccccc3)S(=O)(=O)c3ccccc3)cc2)c1. The molecule has 0 saturated carbocycles. The Morgan fingerprint density at radius 3 is 2.15 bits per heavy atom. The van der Waals surface area contributed by atoms with Crippen LogP contribution in [0.5, 0.6) is 5.75 Å². The Morgan fingerprint density at radius 1 is 0.818 bits per heavy atom. The Kier molecular flexibility index (Phi) is 6.86. The molecule has 0 bridgehead atoms. The molecule has 0 fully saturated rings. The third-order valence-electron chi connectivity index (χ3n) is 5.09. The topological polar surface area (TPSA) is 59.0 Å². The molecule has 0 aromatic heterocycles. The molecular weight excluding hydrogens is 432 g/mol. The highest BCUT2D eigenvalue weighted by atomic mass is 32.2. The number of hydrogen-bond acceptors (Lipinski definition) is 4. The van der Waals surface area contributed by atoms with Gasteiger partial charge in [-0.1, -0.05) is 60.7 Å². The van der Waals surface area contributed by atoms with Gasteiger partial charge in [-0.3, -0.25) is 9.30 Å². The standard InChI is InChI=1S/C27H24N2O3S/c1-32-26-12-8-11-23(19-26)20-28-24-15-17-25(18-16-24)29(21-22-9-4-2-5-10-22)33(30,31)27-13-6-3-7-14-27/h2-20H,21H2,1H3. The predicted molar refractivity (Wildman–Crippen MR) is 133 cm³/mol. The lowest BCUT2D eigenvalue weighted by Gasteiger charge is -2.25. The molecule has 0 amide bonds. The molecule has 0 atom stereocenters. The van der Waals surface area contributed by atoms with E-state index in [1.165, 1.54) is 4.31 Å². The van der Waals surface area contributed by atoms with E-state index in [1.54, 1.807) is 55.8 Å². The molecule has 0 N–H and O–H groups in total. The summed E-state index contributed by atoms with van der Waals surface area (Å²) in [5.41, 5.74) is 3.11. The zero-order chi connectivity index (χ0) is 23.1. The van der Waals surface area contributed by atoms with E-state index in [1.807, 2.05) is 66.7 Å². The third-order valence-corrected chi connectivity index (χ3v) is 6.88. The summed E-state index contributed by atoms with van der Waals surface area (Å²) in [6.45, 7) is 0.227. The number of rotatable bonds is 8. The van der Waals surface area contributed by atoms with E-state index < -0.39 is 10.0 Å². The summed E-state index contributed by atoms with van der Waals surface area (Å²) in [5, 5.41) is 0. The van der Waals surface area contributed by atoms with Gasteiger partial charge < -0.3 is 4.74 Å². The van der Waals surface area contributed by atoms with Gasteiger partial charge >= 0.3 is 0 Å². The van der Waals surface area contributed by atoms with Gasteiger partial charge in [0.15, 0.2) is 0 Å². The fourth-order valence-corrected chi connectivity index (χ4v) is 4.83. The Morgan fingerprint density at radius 2 is 1.48 bits per heavy atom. The normalized spacial score (nSPS) is 11.4. The van der Waals surface area contributed by atoms with Crippen molar-refractivity contribution in [1.82, 2.24) is 0 Å². The van der Waals surface area contributed by atoms with Gasteiger partial charge in [0.2, 0.25) is 0 Å². The average Bonchev–Trinajstić information content (AvgIpc) is 2.87. The highest BCUT2D eigenvalue weighted by Gasteiger charge is 2.25. The molecule has 0 saturated heterocycles. The molecule has 5 nitrogen and oxygen atoms in total. The predicted octanol–water partition coefficient (Wildman–Crippen LogP) is 5.84. The minimum Gasteiger partial charge on any atom is -0.497 e. The van der Waals surface area contributed by atoms with Crippen molar-refractivity contribution in [2.75, 3.05) is 11.4 Å². The molecule has 0 aliphatic rings. The molecule has 0 heterocycles. The molecule has 166 valence electrons. The lowest BCUT2D eigenvalue weighted by atomic mass is 10.2. The zero-order valence-electron chi connectivity index (χ0n) is 18.2. The van der Waals surface area contributed by atoms with E-state index >= 15 is 0 Å². The number of methoxy groups -OCH3 is 1. The van der Waals surface area contributed by atoms with Gasteiger partial charge in [0.05, 0.1) is 29.9 Å². The van der Waals surface area contributed by atoms with Gasteiger partial charge in [0.1, 0.15) is 5.75 Å². The van der Waals surface area contributed by atoms with Crippen LogP contribution in [0.4, 0.5) is 11.4 Å². The average molecular weight is 457 g/mol. The van der Waals surface area contributed by atoms with Crippen LogP contribution in [0.25, 0.3) is 0 Å². The summed E-state index contributed by atoms with van der Waals surface area (Å²) >= 11 is 0. The first-order chi connectivity index (χ1) is 16.1. The van der Waals surface area contributed by atoms with Gasteiger partial charge in [0.25, 0.3) is 10.0 Å². The molecule has 4 rings (SSSR count). The van der Waals surface area contributed by atoms with Crippen LogP contribution in [0.2, 0.25) is 0 Å². The fraction of sp³-hybridized carbons (Fsp3) is 0.0741. The summed E-state index contributed by atoms with van der Waals surface area (Å²) in [5.74, 6) is 0.761. The number of ether oxygens (including phenoxy) is 1. The lowest BCUT2D eigenvalue weighted by molar-refractivity contribution is 0.415. The smallest absolute Gasteiger partial charge is 0.264 e. The molecule has 4 aromatic rings. The van der Waals surface area contributed by atoms with Crippen LogP contribution in [0.3, 0.4) is 0 Å². The molecule has 33 heavy (non-hydrogen) atoms. The second-order valence-electron chi connectivity index (χ2n) is 7.36. The third kappa shape index (κ3) is 5.48. The zero-order valence-corrected chi connectivity index (χ0v) is 19.0. The number of aliphatic imine (C=N–C) groups is 1. The highest BCUT2D eigenvalue weighted by molar-refractivity contribution is 7.92. The molecule has 4 aromatic carbocycles. The summed E-state index contributed by atoms with van der Waals surface area (Å²) in [7, 11) is -2.12. The molecule has 6 heteroatoms. The second kappa shape index (κ2) is 10.1. The summed E-state index contributed by atoms with van der Waals surface area (Å²) in [6, 6.07) is 32.8. The monoisotopic (exact) mass is 456 g/mol. The van der Waals surface area contributed by atoms with E-state index in [4.69, 9.17) is 4.74 Å². The van der Waals surface area contributed by atoms with Crippen LogP contribution < -0.4 is 9.04 Å². The highest BCUT2D eigenvalue weighted by Crippen LogP contribution is 2.28. The van der Waals surface area contributed by atoms with Crippen LogP contribution in [0.1, 0.15) is 11.1 Å². The van der Waals surface area contributed by atoms with E-state index in [0.717, 1.165) is 22.6 Å². The Labute approximate surface area is 194 Å². The van der Waals surface area contributed by atoms with Gasteiger partial charge in [0, 0.05) is 6.21 Å². The van der Waals surface area contributed by atoms with Gasteiger partial charge in [-0.05, 0) is 59.7 Å². The first-order valence-electron chi connectivity index (χ1n) is 10.5. The van der Waals surface area contributed by atoms with Crippen molar-refractivity contribution in [1.29, 1.82) is 0 Å². The van der Waals surface area contributed by atoms with Crippen molar-refractivity contribution in [2.45, 2.75) is 11.4 Å². The van der Waals surface area contributed by atoms with Crippen LogP contribution in [0.15, 0.2) is 119 Å². The maximum atomic E-state index is 13.5. The second-order valence-corrected chi connectivity index (χ2v) is 9.22. The molecule has 0 radical (unpaired) electrons. The number of nitrogens with zero attached hydrogens (tertiary/aromatic N) is 2. The van der Waals surface area contributed by atoms with Gasteiger partial charge in [-0.2, -0.15) is 0 Å². The molecule has 0 unspecified atom stereocenters. The van der Waals surface area contributed by atoms with Gasteiger partial charge in [-0.15, -0.1) is 0 Å². The van der Waals surface area contributed by atoms with Crippen molar-refractivity contribution >= 4 is 27.6 Å². The van der Waals surface area contributed by atoms with E-state index in [2.05, 4.69) is 4.99 Å². The van der Waals surface area contributed by atoms with Crippen molar-refractivity contribution < 1.29 is 13.2 Å². The van der Waals surface area contributed by atoms with E-state index in [-0.39, 0.29) is 11.4 Å². The number of anilines is 1. The van der Waals surface area contributed by atoms with Crippen molar-refractivity contribution in [2.24, 2.45) is 4.99 Å². The van der Waals surface area contributed by atoms with E-state index in [0.29, 0.717) is 5.69 Å². The summed E-state index contributed by atoms with van der Waals surface area (Å²) in [4.78, 5) is 4.76. The molecule has 0 spiro atoms. The number of benzene rings is 4. The van der Waals surface area contributed by atoms with E-state index in [9.17, 15) is 8.42 Å². The van der Waals surface area contributed by atoms with Crippen molar-refractivity contribution in [3.05, 3.63) is 120 Å². The Hall–Kier alpha value is -3.90. The first-order valence-corrected chi connectivity index (χ1v) is 11.9. The Balaban J connectivity index is 1.63. The summed E-state index contributed by atoms with van der Waals surface area (Å²) < 4.78 is 33.6. The minimum absolute atomic E-state index is 0.227. The lowest BCUT2D eigenvalue weighted by Crippen LogP contribution is -2.30. The van der Waals surface area contributed by atoms with Crippen LogP contribution in [-0.2, 0) is 16.6 Å². The van der Waals surface area contributed by atoms with Crippen LogP contribution in [0, 0.1) is 0 Å². The molecule has 0 aliphatic carbocycles. The Bertz CT molecular complexity index is 1320. The first kappa shape index (κ1) is 22.3. The van der Waals surface area contributed by atoms with Crippen molar-refractivity contribution in [3.63, 3.8) is 0 Å². The molecule has 0 aliphatic heterocycles. The quantitative estimate of drug-likeness (QED) is 0.313. The maximum Gasteiger partial charge on any atom is 0.264 e. The number of sulfonamides is 1. The minimum atomic E-state index is -3.75. The maximum absolute atomic E-state index is 13.5. The summed E-state index contributed by atoms with van der Waals surface area (Å²) in [6.07, 6.45) is 1.75. The number of hydrogen-bond donors (Lipinski definition) is 0. The van der Waals surface area contributed by atoms with Gasteiger partial charge in [-0.25, -0.2) is 8.42 Å².